The summed E-state index contributed by atoms with van der Waals surface area (Å²) in [7, 11) is 0. The van der Waals surface area contributed by atoms with Crippen LogP contribution in [0, 0.1) is 6.92 Å². The van der Waals surface area contributed by atoms with E-state index in [0.717, 1.165) is 20.9 Å². The van der Waals surface area contributed by atoms with Crippen LogP contribution in [-0.2, 0) is 0 Å². The fourth-order valence-electron chi connectivity index (χ4n) is 2.16. The Hall–Kier alpha value is -2.00. The number of halogens is 1. The Balaban J connectivity index is 2.10. The van der Waals surface area contributed by atoms with Crippen molar-refractivity contribution in [3.63, 3.8) is 0 Å². The number of aryl methyl sites for hydroxylation is 1. The maximum absolute atomic E-state index is 12.6. The Kier molecular flexibility index (Phi) is 3.36. The largest absolute Gasteiger partial charge is 0.289 e. The van der Waals surface area contributed by atoms with Crippen LogP contribution in [0.4, 0.5) is 0 Å². The number of benzene rings is 2. The van der Waals surface area contributed by atoms with Crippen molar-refractivity contribution in [3.8, 4) is 0 Å². The predicted octanol–water partition coefficient (Wildman–Crippen LogP) is 4.54. The van der Waals surface area contributed by atoms with Crippen LogP contribution in [0.2, 0.25) is 0 Å². The lowest BCUT2D eigenvalue weighted by atomic mass is 10.0. The van der Waals surface area contributed by atoms with Gasteiger partial charge < -0.3 is 0 Å². The van der Waals surface area contributed by atoms with E-state index in [2.05, 4.69) is 20.9 Å². The molecule has 0 aliphatic carbocycles. The van der Waals surface area contributed by atoms with Crippen LogP contribution in [0.1, 0.15) is 21.5 Å². The second kappa shape index (κ2) is 5.17. The minimum Gasteiger partial charge on any atom is -0.289 e. The highest BCUT2D eigenvalue weighted by Gasteiger charge is 2.13. The SMILES string of the molecule is Cc1ccc(Br)c(C(=O)c2cnc3ccccc3c2)c1. The van der Waals surface area contributed by atoms with Crippen molar-refractivity contribution in [1.29, 1.82) is 0 Å². The minimum atomic E-state index is -0.0150. The molecule has 3 rings (SSSR count). The molecular formula is C17H12BrNO. The number of carbonyl (C=O) groups is 1. The molecule has 0 unspecified atom stereocenters. The van der Waals surface area contributed by atoms with Crippen LogP contribution in [0.15, 0.2) is 59.2 Å². The van der Waals surface area contributed by atoms with Gasteiger partial charge in [-0.25, -0.2) is 0 Å². The van der Waals surface area contributed by atoms with Gasteiger partial charge in [0, 0.05) is 27.2 Å². The van der Waals surface area contributed by atoms with Crippen molar-refractivity contribution < 1.29 is 4.79 Å². The predicted molar refractivity (Wildman–Crippen MR) is 84.1 cm³/mol. The Morgan fingerprint density at radius 2 is 1.90 bits per heavy atom. The van der Waals surface area contributed by atoms with E-state index in [1.54, 1.807) is 6.20 Å². The number of para-hydroxylation sites is 1. The average Bonchev–Trinajstić information content (AvgIpc) is 2.48. The van der Waals surface area contributed by atoms with Gasteiger partial charge in [0.05, 0.1) is 5.52 Å². The number of fused-ring (bicyclic) bond motifs is 1. The van der Waals surface area contributed by atoms with E-state index in [1.807, 2.05) is 55.5 Å². The molecule has 3 heteroatoms. The van der Waals surface area contributed by atoms with E-state index in [-0.39, 0.29) is 5.78 Å². The van der Waals surface area contributed by atoms with Crippen molar-refractivity contribution in [3.05, 3.63) is 75.9 Å². The summed E-state index contributed by atoms with van der Waals surface area (Å²) in [4.78, 5) is 16.9. The second-order valence-corrected chi connectivity index (χ2v) is 5.58. The minimum absolute atomic E-state index is 0.0150. The standard InChI is InChI=1S/C17H12BrNO/c1-11-6-7-15(18)14(8-11)17(20)13-9-12-4-2-3-5-16(12)19-10-13/h2-10H,1H3. The first-order valence-corrected chi connectivity index (χ1v) is 7.10. The number of nitrogens with zero attached hydrogens (tertiary/aromatic N) is 1. The summed E-state index contributed by atoms with van der Waals surface area (Å²) < 4.78 is 0.807. The zero-order chi connectivity index (χ0) is 14.1. The number of pyridine rings is 1. The maximum Gasteiger partial charge on any atom is 0.195 e. The van der Waals surface area contributed by atoms with Crippen molar-refractivity contribution in [2.45, 2.75) is 6.92 Å². The molecule has 0 aliphatic heterocycles. The monoisotopic (exact) mass is 325 g/mol. The molecular weight excluding hydrogens is 314 g/mol. The van der Waals surface area contributed by atoms with E-state index in [0.29, 0.717) is 11.1 Å². The molecule has 2 nitrogen and oxygen atoms in total. The second-order valence-electron chi connectivity index (χ2n) is 4.73. The summed E-state index contributed by atoms with van der Waals surface area (Å²) in [5.41, 5.74) is 3.23. The first-order valence-electron chi connectivity index (χ1n) is 6.31. The van der Waals surface area contributed by atoms with Crippen LogP contribution in [0.5, 0.6) is 0 Å². The summed E-state index contributed by atoms with van der Waals surface area (Å²) in [6.07, 6.45) is 1.64. The molecule has 98 valence electrons. The van der Waals surface area contributed by atoms with E-state index >= 15 is 0 Å². The molecule has 0 N–H and O–H groups in total. The smallest absolute Gasteiger partial charge is 0.195 e. The Morgan fingerprint density at radius 3 is 2.75 bits per heavy atom. The lowest BCUT2D eigenvalue weighted by molar-refractivity contribution is 0.103. The number of carbonyl (C=O) groups excluding carboxylic acids is 1. The van der Waals surface area contributed by atoms with Crippen LogP contribution in [0.3, 0.4) is 0 Å². The van der Waals surface area contributed by atoms with Crippen LogP contribution >= 0.6 is 15.9 Å². The third kappa shape index (κ3) is 2.37. The molecule has 1 heterocycles. The summed E-state index contributed by atoms with van der Waals surface area (Å²) >= 11 is 3.44. The number of hydrogen-bond acceptors (Lipinski definition) is 2. The van der Waals surface area contributed by atoms with E-state index in [1.165, 1.54) is 0 Å². The lowest BCUT2D eigenvalue weighted by Gasteiger charge is -2.06. The molecule has 0 radical (unpaired) electrons. The molecule has 0 spiro atoms. The first-order chi connectivity index (χ1) is 9.65. The summed E-state index contributed by atoms with van der Waals surface area (Å²) in [6, 6.07) is 15.4. The third-order valence-corrected chi connectivity index (χ3v) is 3.91. The number of ketones is 1. The van der Waals surface area contributed by atoms with Gasteiger partial charge in [-0.1, -0.05) is 45.8 Å². The van der Waals surface area contributed by atoms with Gasteiger partial charge in [-0.05, 0) is 31.2 Å². The van der Waals surface area contributed by atoms with Gasteiger partial charge in [0.25, 0.3) is 0 Å². The molecule has 2 aromatic carbocycles. The van der Waals surface area contributed by atoms with Gasteiger partial charge >= 0.3 is 0 Å². The Bertz CT molecular complexity index is 811. The Labute approximate surface area is 125 Å². The first kappa shape index (κ1) is 13.0. The normalized spacial score (nSPS) is 10.7. The molecule has 1 aromatic heterocycles. The fraction of sp³-hybridized carbons (Fsp3) is 0.0588. The third-order valence-electron chi connectivity index (χ3n) is 3.22. The van der Waals surface area contributed by atoms with Crippen LogP contribution < -0.4 is 0 Å². The number of aromatic nitrogens is 1. The van der Waals surface area contributed by atoms with E-state index in [4.69, 9.17) is 0 Å². The van der Waals surface area contributed by atoms with Gasteiger partial charge in [0.15, 0.2) is 5.78 Å². The maximum atomic E-state index is 12.6. The molecule has 0 amide bonds. The molecule has 0 aliphatic rings. The number of rotatable bonds is 2. The van der Waals surface area contributed by atoms with Crippen molar-refractivity contribution in [2.75, 3.05) is 0 Å². The summed E-state index contributed by atoms with van der Waals surface area (Å²) in [5.74, 6) is -0.0150. The molecule has 0 saturated heterocycles. The molecule has 0 atom stereocenters. The van der Waals surface area contributed by atoms with Gasteiger partial charge in [-0.3, -0.25) is 9.78 Å². The zero-order valence-corrected chi connectivity index (χ0v) is 12.5. The van der Waals surface area contributed by atoms with Gasteiger partial charge in [0.1, 0.15) is 0 Å². The number of hydrogen-bond donors (Lipinski definition) is 0. The molecule has 0 bridgehead atoms. The average molecular weight is 326 g/mol. The van der Waals surface area contributed by atoms with Crippen molar-refractivity contribution in [1.82, 2.24) is 4.98 Å². The summed E-state index contributed by atoms with van der Waals surface area (Å²) in [5, 5.41) is 0.974. The molecule has 0 saturated carbocycles. The zero-order valence-electron chi connectivity index (χ0n) is 10.9. The highest BCUT2D eigenvalue weighted by atomic mass is 79.9. The molecule has 3 aromatic rings. The summed E-state index contributed by atoms with van der Waals surface area (Å²) in [6.45, 7) is 1.97. The van der Waals surface area contributed by atoms with Gasteiger partial charge in [0.2, 0.25) is 0 Å². The van der Waals surface area contributed by atoms with E-state index < -0.39 is 0 Å². The van der Waals surface area contributed by atoms with E-state index in [9.17, 15) is 4.79 Å². The quantitative estimate of drug-likeness (QED) is 0.647. The Morgan fingerprint density at radius 1 is 1.10 bits per heavy atom. The van der Waals surface area contributed by atoms with Crippen molar-refractivity contribution in [2.24, 2.45) is 0 Å². The highest BCUT2D eigenvalue weighted by molar-refractivity contribution is 9.10. The van der Waals surface area contributed by atoms with Crippen LogP contribution in [-0.4, -0.2) is 10.8 Å². The topological polar surface area (TPSA) is 30.0 Å². The van der Waals surface area contributed by atoms with Crippen molar-refractivity contribution >= 4 is 32.6 Å². The van der Waals surface area contributed by atoms with Gasteiger partial charge in [-0.2, -0.15) is 0 Å². The molecule has 0 fully saturated rings. The van der Waals surface area contributed by atoms with Crippen LogP contribution in [0.25, 0.3) is 10.9 Å². The van der Waals surface area contributed by atoms with Gasteiger partial charge in [-0.15, -0.1) is 0 Å². The fourth-order valence-corrected chi connectivity index (χ4v) is 2.59. The lowest BCUT2D eigenvalue weighted by Crippen LogP contribution is -2.03. The molecule has 20 heavy (non-hydrogen) atoms. The highest BCUT2D eigenvalue weighted by Crippen LogP contribution is 2.22.